The van der Waals surface area contributed by atoms with Crippen LogP contribution in [0.3, 0.4) is 0 Å². The molecule has 2 aromatic rings. The number of hydrogen-bond donors (Lipinski definition) is 0. The first-order valence-electron chi connectivity index (χ1n) is 7.41. The molecule has 5 nitrogen and oxygen atoms in total. The van der Waals surface area contributed by atoms with E-state index >= 15 is 0 Å². The molecule has 5 heteroatoms. The largest absolute Gasteiger partial charge is 0.444 e. The summed E-state index contributed by atoms with van der Waals surface area (Å²) in [5.41, 5.74) is 1.62. The van der Waals surface area contributed by atoms with Crippen molar-refractivity contribution >= 4 is 12.1 Å². The second-order valence-corrected chi connectivity index (χ2v) is 5.32. The van der Waals surface area contributed by atoms with Gasteiger partial charge in [0.2, 0.25) is 6.23 Å². The molecule has 0 unspecified atom stereocenters. The number of hydrogen-bond acceptors (Lipinski definition) is 4. The fourth-order valence-corrected chi connectivity index (χ4v) is 2.48. The molecule has 0 N–H and O–H groups in total. The predicted molar refractivity (Wildman–Crippen MR) is 83.2 cm³/mol. The number of carbonyl (C=O) groups excluding carboxylic acids is 2. The van der Waals surface area contributed by atoms with Crippen molar-refractivity contribution in [1.82, 2.24) is 4.90 Å². The molecule has 0 spiro atoms. The van der Waals surface area contributed by atoms with Crippen molar-refractivity contribution < 1.29 is 19.1 Å². The maximum Gasteiger partial charge on any atom is 0.414 e. The van der Waals surface area contributed by atoms with Gasteiger partial charge in [-0.15, -0.1) is 0 Å². The zero-order chi connectivity index (χ0) is 16.2. The van der Waals surface area contributed by atoms with Crippen molar-refractivity contribution in [3.63, 3.8) is 0 Å². The van der Waals surface area contributed by atoms with Crippen molar-refractivity contribution in [3.05, 3.63) is 71.8 Å². The summed E-state index contributed by atoms with van der Waals surface area (Å²) < 4.78 is 10.7. The molecule has 0 saturated carbocycles. The number of cyclic esters (lactones) is 1. The molecule has 1 saturated heterocycles. The van der Waals surface area contributed by atoms with E-state index in [1.807, 2.05) is 60.7 Å². The van der Waals surface area contributed by atoms with E-state index in [9.17, 15) is 9.59 Å². The number of esters is 1. The van der Waals surface area contributed by atoms with Gasteiger partial charge in [0.05, 0.1) is 0 Å². The summed E-state index contributed by atoms with van der Waals surface area (Å²) in [5, 5.41) is 0. The van der Waals surface area contributed by atoms with E-state index in [0.29, 0.717) is 0 Å². The van der Waals surface area contributed by atoms with E-state index in [4.69, 9.17) is 9.47 Å². The fraction of sp³-hybridized carbons (Fsp3) is 0.222. The first-order chi connectivity index (χ1) is 11.2. The van der Waals surface area contributed by atoms with Crippen molar-refractivity contribution in [2.24, 2.45) is 0 Å². The van der Waals surface area contributed by atoms with Crippen LogP contribution in [0.1, 0.15) is 24.3 Å². The Morgan fingerprint density at radius 3 is 2.35 bits per heavy atom. The quantitative estimate of drug-likeness (QED) is 0.816. The van der Waals surface area contributed by atoms with Crippen LogP contribution < -0.4 is 0 Å². The average molecular weight is 311 g/mol. The number of benzene rings is 2. The summed E-state index contributed by atoms with van der Waals surface area (Å²) in [6, 6.07) is 17.9. The van der Waals surface area contributed by atoms with Gasteiger partial charge >= 0.3 is 12.1 Å². The number of amides is 1. The topological polar surface area (TPSA) is 55.8 Å². The van der Waals surface area contributed by atoms with E-state index < -0.39 is 24.3 Å². The first kappa shape index (κ1) is 15.1. The SMILES string of the molecule is C[C@H]1C(=O)O[C@H](c2ccccc2)N1C(=O)OCc1ccccc1. The average Bonchev–Trinajstić information content (AvgIpc) is 2.90. The lowest BCUT2D eigenvalue weighted by Gasteiger charge is -2.24. The lowest BCUT2D eigenvalue weighted by atomic mass is 10.2. The zero-order valence-corrected chi connectivity index (χ0v) is 12.7. The van der Waals surface area contributed by atoms with Crippen LogP contribution in [-0.4, -0.2) is 23.0 Å². The number of rotatable bonds is 3. The van der Waals surface area contributed by atoms with Crippen molar-refractivity contribution in [1.29, 1.82) is 0 Å². The van der Waals surface area contributed by atoms with Gasteiger partial charge in [-0.25, -0.2) is 9.59 Å². The third kappa shape index (κ3) is 3.18. The van der Waals surface area contributed by atoms with Gasteiger partial charge in [0.25, 0.3) is 0 Å². The van der Waals surface area contributed by atoms with Crippen LogP contribution in [-0.2, 0) is 20.9 Å². The molecule has 2 atom stereocenters. The van der Waals surface area contributed by atoms with Crippen LogP contribution in [0.2, 0.25) is 0 Å². The molecule has 1 aliphatic heterocycles. The van der Waals surface area contributed by atoms with Gasteiger partial charge in [-0.1, -0.05) is 60.7 Å². The summed E-state index contributed by atoms with van der Waals surface area (Å²) in [6.45, 7) is 1.79. The second kappa shape index (κ2) is 6.52. The Morgan fingerprint density at radius 1 is 1.09 bits per heavy atom. The minimum atomic E-state index is -0.748. The summed E-state index contributed by atoms with van der Waals surface area (Å²) >= 11 is 0. The number of nitrogens with zero attached hydrogens (tertiary/aromatic N) is 1. The molecule has 1 aliphatic rings. The highest BCUT2D eigenvalue weighted by Crippen LogP contribution is 2.32. The lowest BCUT2D eigenvalue weighted by molar-refractivity contribution is -0.142. The minimum absolute atomic E-state index is 0.151. The van der Waals surface area contributed by atoms with Crippen molar-refractivity contribution in [2.75, 3.05) is 0 Å². The van der Waals surface area contributed by atoms with Crippen LogP contribution in [0, 0.1) is 0 Å². The van der Waals surface area contributed by atoms with Crippen LogP contribution in [0.15, 0.2) is 60.7 Å². The van der Waals surface area contributed by atoms with Crippen LogP contribution >= 0.6 is 0 Å². The molecule has 0 aromatic heterocycles. The normalized spacial score (nSPS) is 20.2. The van der Waals surface area contributed by atoms with Crippen LogP contribution in [0.4, 0.5) is 4.79 Å². The maximum atomic E-state index is 12.4. The van der Waals surface area contributed by atoms with Gasteiger partial charge in [0.1, 0.15) is 12.6 Å². The molecule has 23 heavy (non-hydrogen) atoms. The van der Waals surface area contributed by atoms with Gasteiger partial charge < -0.3 is 9.47 Å². The molecule has 118 valence electrons. The van der Waals surface area contributed by atoms with Crippen LogP contribution in [0.25, 0.3) is 0 Å². The Kier molecular flexibility index (Phi) is 4.28. The summed E-state index contributed by atoms with van der Waals surface area (Å²) in [6.07, 6.45) is -1.32. The standard InChI is InChI=1S/C18H17NO4/c1-13-17(20)23-16(15-10-6-3-7-11-15)19(13)18(21)22-12-14-8-4-2-5-9-14/h2-11,13,16H,12H2,1H3/t13-,16+/m0/s1. The third-order valence-electron chi connectivity index (χ3n) is 3.74. The van der Waals surface area contributed by atoms with E-state index in [2.05, 4.69) is 0 Å². The Morgan fingerprint density at radius 2 is 1.70 bits per heavy atom. The summed E-state index contributed by atoms with van der Waals surface area (Å²) in [4.78, 5) is 25.6. The third-order valence-corrected chi connectivity index (χ3v) is 3.74. The number of carbonyl (C=O) groups is 2. The minimum Gasteiger partial charge on any atom is -0.444 e. The first-order valence-corrected chi connectivity index (χ1v) is 7.41. The predicted octanol–water partition coefficient (Wildman–Crippen LogP) is 3.27. The highest BCUT2D eigenvalue weighted by molar-refractivity contribution is 5.84. The van der Waals surface area contributed by atoms with Crippen molar-refractivity contribution in [2.45, 2.75) is 25.8 Å². The van der Waals surface area contributed by atoms with Gasteiger partial charge in [0, 0.05) is 5.56 Å². The molecule has 0 radical (unpaired) electrons. The van der Waals surface area contributed by atoms with E-state index in [-0.39, 0.29) is 6.61 Å². The molecule has 1 heterocycles. The Hall–Kier alpha value is -2.82. The molecule has 3 rings (SSSR count). The van der Waals surface area contributed by atoms with Crippen molar-refractivity contribution in [3.8, 4) is 0 Å². The monoisotopic (exact) mass is 311 g/mol. The summed E-state index contributed by atoms with van der Waals surface area (Å²) in [5.74, 6) is -0.435. The molecule has 0 bridgehead atoms. The molecular weight excluding hydrogens is 294 g/mol. The second-order valence-electron chi connectivity index (χ2n) is 5.32. The van der Waals surface area contributed by atoms with Gasteiger partial charge in [0.15, 0.2) is 0 Å². The molecule has 0 aliphatic carbocycles. The van der Waals surface area contributed by atoms with Crippen LogP contribution in [0.5, 0.6) is 0 Å². The smallest absolute Gasteiger partial charge is 0.414 e. The van der Waals surface area contributed by atoms with E-state index in [1.54, 1.807) is 6.92 Å². The molecule has 1 amide bonds. The Labute approximate surface area is 134 Å². The lowest BCUT2D eigenvalue weighted by Crippen LogP contribution is -2.38. The number of ether oxygens (including phenoxy) is 2. The molecule has 2 aromatic carbocycles. The Balaban J connectivity index is 1.75. The van der Waals surface area contributed by atoms with E-state index in [1.165, 1.54) is 4.90 Å². The van der Waals surface area contributed by atoms with Gasteiger partial charge in [-0.2, -0.15) is 0 Å². The highest BCUT2D eigenvalue weighted by Gasteiger charge is 2.44. The van der Waals surface area contributed by atoms with Gasteiger partial charge in [-0.05, 0) is 12.5 Å². The maximum absolute atomic E-state index is 12.4. The summed E-state index contributed by atoms with van der Waals surface area (Å²) in [7, 11) is 0. The zero-order valence-electron chi connectivity index (χ0n) is 12.7. The fourth-order valence-electron chi connectivity index (χ4n) is 2.48. The molecule has 1 fully saturated rings. The molecular formula is C18H17NO4. The van der Waals surface area contributed by atoms with Gasteiger partial charge in [-0.3, -0.25) is 4.90 Å². The highest BCUT2D eigenvalue weighted by atomic mass is 16.6. The van der Waals surface area contributed by atoms with E-state index in [0.717, 1.165) is 11.1 Å². The Bertz CT molecular complexity index is 687.